The highest BCUT2D eigenvalue weighted by Crippen LogP contribution is 2.17. The number of nitrogens with two attached hydrogens (primary N) is 1. The highest BCUT2D eigenvalue weighted by molar-refractivity contribution is 5.80. The predicted octanol–water partition coefficient (Wildman–Crippen LogP) is 0.583. The first-order valence-electron chi connectivity index (χ1n) is 5.41. The topological polar surface area (TPSA) is 92.1 Å². The van der Waals surface area contributed by atoms with E-state index in [1.807, 2.05) is 12.3 Å². The molecule has 0 radical (unpaired) electrons. The number of pyridine rings is 1. The quantitative estimate of drug-likeness (QED) is 0.443. The van der Waals surface area contributed by atoms with Crippen molar-refractivity contribution in [2.45, 2.75) is 13.3 Å². The van der Waals surface area contributed by atoms with Gasteiger partial charge in [0.05, 0.1) is 6.54 Å². The summed E-state index contributed by atoms with van der Waals surface area (Å²) in [4.78, 5) is 14.8. The van der Waals surface area contributed by atoms with E-state index in [1.165, 1.54) is 0 Å². The number of hydrazine groups is 1. The van der Waals surface area contributed by atoms with Gasteiger partial charge in [0.2, 0.25) is 5.91 Å². The minimum atomic E-state index is -0.906. The van der Waals surface area contributed by atoms with Gasteiger partial charge in [-0.05, 0) is 6.42 Å². The summed E-state index contributed by atoms with van der Waals surface area (Å²) in [5.74, 6) is 2.37. The molecule has 8 heteroatoms. The van der Waals surface area contributed by atoms with Crippen LogP contribution in [0.5, 0.6) is 0 Å². The molecular weight excluding hydrogens is 244 g/mol. The third-order valence-corrected chi connectivity index (χ3v) is 2.05. The van der Waals surface area contributed by atoms with Crippen LogP contribution in [0.1, 0.15) is 13.3 Å². The Kier molecular flexibility index (Phi) is 5.25. The van der Waals surface area contributed by atoms with E-state index in [0.29, 0.717) is 12.6 Å². The average Bonchev–Trinajstić information content (AvgIpc) is 2.35. The smallest absolute Gasteiger partial charge is 0.239 e. The SMILES string of the molecule is CCCNC(=O)CNc1nc(NN)c(F)cc1F. The third kappa shape index (κ3) is 3.81. The largest absolute Gasteiger partial charge is 0.359 e. The molecule has 1 amide bonds. The van der Waals surface area contributed by atoms with Crippen LogP contribution in [-0.2, 0) is 4.79 Å². The monoisotopic (exact) mass is 259 g/mol. The summed E-state index contributed by atoms with van der Waals surface area (Å²) in [6.07, 6.45) is 0.802. The van der Waals surface area contributed by atoms with Crippen molar-refractivity contribution in [2.75, 3.05) is 23.8 Å². The maximum atomic E-state index is 13.3. The fourth-order valence-electron chi connectivity index (χ4n) is 1.18. The highest BCUT2D eigenvalue weighted by Gasteiger charge is 2.11. The second-order valence-corrected chi connectivity index (χ2v) is 3.50. The van der Waals surface area contributed by atoms with E-state index in [4.69, 9.17) is 5.84 Å². The van der Waals surface area contributed by atoms with Crippen molar-refractivity contribution in [1.82, 2.24) is 10.3 Å². The molecule has 0 fully saturated rings. The van der Waals surface area contributed by atoms with Gasteiger partial charge < -0.3 is 16.1 Å². The van der Waals surface area contributed by atoms with Gasteiger partial charge in [0, 0.05) is 12.6 Å². The zero-order valence-corrected chi connectivity index (χ0v) is 9.89. The number of carbonyl (C=O) groups is 1. The highest BCUT2D eigenvalue weighted by atomic mass is 19.1. The number of halogens is 2. The summed E-state index contributed by atoms with van der Waals surface area (Å²) in [5.41, 5.74) is 1.99. The van der Waals surface area contributed by atoms with Gasteiger partial charge in [-0.25, -0.2) is 19.6 Å². The van der Waals surface area contributed by atoms with Gasteiger partial charge in [-0.15, -0.1) is 0 Å². The summed E-state index contributed by atoms with van der Waals surface area (Å²) >= 11 is 0. The molecule has 1 aromatic heterocycles. The van der Waals surface area contributed by atoms with Crippen LogP contribution in [0.25, 0.3) is 0 Å². The van der Waals surface area contributed by atoms with Crippen molar-refractivity contribution in [2.24, 2.45) is 5.84 Å². The first-order valence-corrected chi connectivity index (χ1v) is 5.41. The van der Waals surface area contributed by atoms with E-state index in [9.17, 15) is 13.6 Å². The Bertz CT molecular complexity index is 427. The molecule has 0 aliphatic rings. The third-order valence-electron chi connectivity index (χ3n) is 2.05. The molecule has 0 atom stereocenters. The van der Waals surface area contributed by atoms with E-state index in [1.54, 1.807) is 0 Å². The van der Waals surface area contributed by atoms with Crippen LogP contribution < -0.4 is 21.9 Å². The van der Waals surface area contributed by atoms with Gasteiger partial charge in [-0.2, -0.15) is 0 Å². The Morgan fingerprint density at radius 2 is 2.06 bits per heavy atom. The number of hydrogen-bond donors (Lipinski definition) is 4. The Morgan fingerprint density at radius 3 is 2.67 bits per heavy atom. The lowest BCUT2D eigenvalue weighted by Crippen LogP contribution is -2.30. The second-order valence-electron chi connectivity index (χ2n) is 3.50. The molecule has 0 aliphatic heterocycles. The Hall–Kier alpha value is -1.96. The second kappa shape index (κ2) is 6.70. The van der Waals surface area contributed by atoms with Crippen molar-refractivity contribution in [1.29, 1.82) is 0 Å². The Balaban J connectivity index is 2.64. The van der Waals surface area contributed by atoms with Gasteiger partial charge in [0.15, 0.2) is 23.3 Å². The molecule has 6 nitrogen and oxygen atoms in total. The first-order chi connectivity index (χ1) is 8.58. The van der Waals surface area contributed by atoms with Crippen LogP contribution in [0.15, 0.2) is 6.07 Å². The number of anilines is 2. The first kappa shape index (κ1) is 14.1. The molecular formula is C10H15F2N5O. The standard InChI is InChI=1S/C10H15F2N5O/c1-2-3-14-8(18)5-15-9-6(11)4-7(12)10(16-9)17-13/h4H,2-3,5,13H2,1H3,(H,14,18)(H2,15,16,17). The molecule has 1 aromatic rings. The van der Waals surface area contributed by atoms with E-state index < -0.39 is 11.6 Å². The van der Waals surface area contributed by atoms with Crippen molar-refractivity contribution in [3.8, 4) is 0 Å². The molecule has 0 bridgehead atoms. The molecule has 5 N–H and O–H groups in total. The van der Waals surface area contributed by atoms with Crippen molar-refractivity contribution >= 4 is 17.5 Å². The summed E-state index contributed by atoms with van der Waals surface area (Å²) in [7, 11) is 0. The summed E-state index contributed by atoms with van der Waals surface area (Å²) in [5, 5.41) is 5.06. The number of rotatable bonds is 6. The normalized spacial score (nSPS) is 10.0. The van der Waals surface area contributed by atoms with E-state index in [0.717, 1.165) is 6.42 Å². The minimum Gasteiger partial charge on any atom is -0.359 e. The van der Waals surface area contributed by atoms with E-state index >= 15 is 0 Å². The molecule has 0 saturated heterocycles. The van der Waals surface area contributed by atoms with Crippen LogP contribution >= 0.6 is 0 Å². The van der Waals surface area contributed by atoms with Crippen LogP contribution in [0.4, 0.5) is 20.4 Å². The number of nitrogens with one attached hydrogen (secondary N) is 3. The van der Waals surface area contributed by atoms with Crippen LogP contribution in [0.2, 0.25) is 0 Å². The van der Waals surface area contributed by atoms with Crippen LogP contribution in [0.3, 0.4) is 0 Å². The molecule has 0 saturated carbocycles. The number of amides is 1. The lowest BCUT2D eigenvalue weighted by Gasteiger charge is -2.09. The number of nitrogens with zero attached hydrogens (tertiary/aromatic N) is 1. The molecule has 1 rings (SSSR count). The molecule has 0 spiro atoms. The van der Waals surface area contributed by atoms with Crippen molar-refractivity contribution in [3.63, 3.8) is 0 Å². The molecule has 0 aromatic carbocycles. The van der Waals surface area contributed by atoms with E-state index in [-0.39, 0.29) is 24.1 Å². The van der Waals surface area contributed by atoms with Crippen LogP contribution in [0, 0.1) is 11.6 Å². The molecule has 0 aliphatic carbocycles. The van der Waals surface area contributed by atoms with Gasteiger partial charge >= 0.3 is 0 Å². The van der Waals surface area contributed by atoms with E-state index in [2.05, 4.69) is 15.6 Å². The maximum Gasteiger partial charge on any atom is 0.239 e. The lowest BCUT2D eigenvalue weighted by molar-refractivity contribution is -0.119. The summed E-state index contributed by atoms with van der Waals surface area (Å²) in [6, 6.07) is 0.633. The average molecular weight is 259 g/mol. The number of hydrogen-bond acceptors (Lipinski definition) is 5. The Labute approximate surface area is 103 Å². The molecule has 18 heavy (non-hydrogen) atoms. The fraction of sp³-hybridized carbons (Fsp3) is 0.400. The number of aromatic nitrogens is 1. The Morgan fingerprint density at radius 1 is 1.39 bits per heavy atom. The molecule has 100 valence electrons. The van der Waals surface area contributed by atoms with Crippen molar-refractivity contribution < 1.29 is 13.6 Å². The van der Waals surface area contributed by atoms with Gasteiger partial charge in [0.1, 0.15) is 0 Å². The zero-order chi connectivity index (χ0) is 13.5. The summed E-state index contributed by atoms with van der Waals surface area (Å²) < 4.78 is 26.3. The van der Waals surface area contributed by atoms with Gasteiger partial charge in [-0.1, -0.05) is 6.92 Å². The fourth-order valence-corrected chi connectivity index (χ4v) is 1.18. The van der Waals surface area contributed by atoms with Gasteiger partial charge in [0.25, 0.3) is 0 Å². The van der Waals surface area contributed by atoms with Crippen molar-refractivity contribution in [3.05, 3.63) is 17.7 Å². The number of nitrogen functional groups attached to an aromatic ring is 1. The predicted molar refractivity (Wildman–Crippen MR) is 63.8 cm³/mol. The molecule has 1 heterocycles. The number of carbonyl (C=O) groups excluding carboxylic acids is 1. The van der Waals surface area contributed by atoms with Crippen LogP contribution in [-0.4, -0.2) is 24.0 Å². The van der Waals surface area contributed by atoms with Gasteiger partial charge in [-0.3, -0.25) is 4.79 Å². The molecule has 0 unspecified atom stereocenters. The lowest BCUT2D eigenvalue weighted by atomic mass is 10.4. The summed E-state index contributed by atoms with van der Waals surface area (Å²) in [6.45, 7) is 2.29. The minimum absolute atomic E-state index is 0.153. The maximum absolute atomic E-state index is 13.3. The zero-order valence-electron chi connectivity index (χ0n) is 9.89.